The molecule has 1 fully saturated rings. The van der Waals surface area contributed by atoms with Crippen LogP contribution in [0.25, 0.3) is 16.7 Å². The second kappa shape index (κ2) is 9.21. The molecule has 0 aliphatic carbocycles. The fraction of sp³-hybridized carbons (Fsp3) is 0.111. The normalized spacial score (nSPS) is 17.5. The molecule has 3 aromatic carbocycles. The van der Waals surface area contributed by atoms with Crippen LogP contribution in [0.15, 0.2) is 78.5 Å². The number of halogens is 3. The minimum absolute atomic E-state index is 0.107. The van der Waals surface area contributed by atoms with Crippen LogP contribution in [0.5, 0.6) is 0 Å². The number of aliphatic hydroxyl groups is 1. The molecule has 8 heteroatoms. The number of H-pyrrole nitrogens is 1. The molecule has 1 atom stereocenters. The molecule has 5 rings (SSSR count). The Labute approximate surface area is 210 Å². The Morgan fingerprint density at radius 1 is 1.03 bits per heavy atom. The van der Waals surface area contributed by atoms with E-state index in [1.807, 2.05) is 30.5 Å². The molecule has 0 radical (unpaired) electrons. The minimum Gasteiger partial charge on any atom is -0.507 e. The average Bonchev–Trinajstić information content (AvgIpc) is 3.36. The molecule has 1 saturated heterocycles. The van der Waals surface area contributed by atoms with Crippen molar-refractivity contribution in [2.24, 2.45) is 0 Å². The van der Waals surface area contributed by atoms with Gasteiger partial charge in [-0.1, -0.05) is 47.5 Å². The molecule has 2 N–H and O–H groups in total. The van der Waals surface area contributed by atoms with Gasteiger partial charge in [0.15, 0.2) is 0 Å². The number of aliphatic hydroxyl groups excluding tert-OH is 1. The fourth-order valence-corrected chi connectivity index (χ4v) is 5.01. The first-order chi connectivity index (χ1) is 16.8. The van der Waals surface area contributed by atoms with E-state index in [9.17, 15) is 19.1 Å². The van der Waals surface area contributed by atoms with Gasteiger partial charge in [0.05, 0.1) is 11.6 Å². The summed E-state index contributed by atoms with van der Waals surface area (Å²) in [7, 11) is 0. The van der Waals surface area contributed by atoms with Gasteiger partial charge in [-0.2, -0.15) is 0 Å². The van der Waals surface area contributed by atoms with Crippen LogP contribution in [0.4, 0.5) is 4.39 Å². The number of fused-ring (bicyclic) bond motifs is 1. The second-order valence-electron chi connectivity index (χ2n) is 8.27. The maximum absolute atomic E-state index is 13.4. The molecule has 1 unspecified atom stereocenters. The van der Waals surface area contributed by atoms with Gasteiger partial charge < -0.3 is 15.0 Å². The number of rotatable bonds is 5. The van der Waals surface area contributed by atoms with Crippen LogP contribution in [0.3, 0.4) is 0 Å². The van der Waals surface area contributed by atoms with Crippen molar-refractivity contribution in [3.05, 3.63) is 111 Å². The van der Waals surface area contributed by atoms with Crippen LogP contribution < -0.4 is 0 Å². The van der Waals surface area contributed by atoms with Gasteiger partial charge in [-0.25, -0.2) is 4.39 Å². The standard InChI is InChI=1S/C27H19Cl2FN2O3/c28-17-7-10-20(21(29)13-17)24-23(25(33)15-5-8-18(30)9-6-15)26(34)27(35)32(24)12-11-16-14-31-22-4-2-1-3-19(16)22/h1-10,13-14,24,31,33H,11-12H2/b25-23+. The number of likely N-dealkylation sites (tertiary alicyclic amines) is 1. The Kier molecular flexibility index (Phi) is 6.09. The van der Waals surface area contributed by atoms with Gasteiger partial charge in [0.1, 0.15) is 11.6 Å². The van der Waals surface area contributed by atoms with Crippen molar-refractivity contribution < 1.29 is 19.1 Å². The summed E-state index contributed by atoms with van der Waals surface area (Å²) in [5.74, 6) is -2.46. The van der Waals surface area contributed by atoms with Gasteiger partial charge in [0, 0.05) is 39.3 Å². The number of aromatic amines is 1. The number of aromatic nitrogens is 1. The van der Waals surface area contributed by atoms with Crippen molar-refractivity contribution >= 4 is 51.6 Å². The lowest BCUT2D eigenvalue weighted by molar-refractivity contribution is -0.139. The van der Waals surface area contributed by atoms with Gasteiger partial charge in [-0.3, -0.25) is 9.59 Å². The van der Waals surface area contributed by atoms with Gasteiger partial charge in [-0.15, -0.1) is 0 Å². The minimum atomic E-state index is -0.935. The number of hydrogen-bond donors (Lipinski definition) is 2. The number of ketones is 1. The summed E-state index contributed by atoms with van der Waals surface area (Å²) in [5, 5.41) is 12.7. The van der Waals surface area contributed by atoms with Crippen molar-refractivity contribution in [1.29, 1.82) is 0 Å². The lowest BCUT2D eigenvalue weighted by atomic mass is 9.95. The van der Waals surface area contributed by atoms with Crippen LogP contribution in [0.1, 0.15) is 22.7 Å². The predicted molar refractivity (Wildman–Crippen MR) is 134 cm³/mol. The molecule has 176 valence electrons. The van der Waals surface area contributed by atoms with Gasteiger partial charge in [0.2, 0.25) is 0 Å². The van der Waals surface area contributed by atoms with Gasteiger partial charge >= 0.3 is 0 Å². The third-order valence-electron chi connectivity index (χ3n) is 6.21. The van der Waals surface area contributed by atoms with E-state index in [1.165, 1.54) is 35.2 Å². The molecule has 2 heterocycles. The second-order valence-corrected chi connectivity index (χ2v) is 9.12. The van der Waals surface area contributed by atoms with Crippen LogP contribution in [-0.4, -0.2) is 33.2 Å². The van der Waals surface area contributed by atoms with E-state index in [1.54, 1.807) is 12.1 Å². The molecule has 4 aromatic rings. The SMILES string of the molecule is O=C1C(=O)N(CCc2c[nH]c3ccccc23)C(c2ccc(Cl)cc2Cl)/C1=C(\O)c1ccc(F)cc1. The summed E-state index contributed by atoms with van der Waals surface area (Å²) in [6.07, 6.45) is 2.35. The first-order valence-corrected chi connectivity index (χ1v) is 11.6. The number of para-hydroxylation sites is 1. The molecule has 5 nitrogen and oxygen atoms in total. The van der Waals surface area contributed by atoms with Crippen molar-refractivity contribution in [3.63, 3.8) is 0 Å². The number of benzene rings is 3. The smallest absolute Gasteiger partial charge is 0.295 e. The lowest BCUT2D eigenvalue weighted by Crippen LogP contribution is -2.31. The number of carbonyl (C=O) groups is 2. The zero-order valence-corrected chi connectivity index (χ0v) is 19.8. The third-order valence-corrected chi connectivity index (χ3v) is 6.77. The maximum Gasteiger partial charge on any atom is 0.295 e. The van der Waals surface area contributed by atoms with E-state index in [2.05, 4.69) is 4.98 Å². The number of Topliss-reactive ketones (excluding diaryl/α,β-unsaturated/α-hetero) is 1. The number of carbonyl (C=O) groups excluding carboxylic acids is 2. The summed E-state index contributed by atoms with van der Waals surface area (Å²) in [4.78, 5) is 31.0. The fourth-order valence-electron chi connectivity index (χ4n) is 4.50. The molecule has 1 aromatic heterocycles. The van der Waals surface area contributed by atoms with E-state index < -0.39 is 29.3 Å². The van der Waals surface area contributed by atoms with Crippen molar-refractivity contribution in [3.8, 4) is 0 Å². The Bertz CT molecular complexity index is 1490. The van der Waals surface area contributed by atoms with Crippen molar-refractivity contribution in [2.45, 2.75) is 12.5 Å². The highest BCUT2D eigenvalue weighted by Crippen LogP contribution is 2.42. The number of amides is 1. The summed E-state index contributed by atoms with van der Waals surface area (Å²) in [5.41, 5.74) is 2.53. The highest BCUT2D eigenvalue weighted by Gasteiger charge is 2.46. The first-order valence-electron chi connectivity index (χ1n) is 10.9. The van der Waals surface area contributed by atoms with Crippen LogP contribution >= 0.6 is 23.2 Å². The van der Waals surface area contributed by atoms with Crippen molar-refractivity contribution in [1.82, 2.24) is 9.88 Å². The van der Waals surface area contributed by atoms with E-state index >= 15 is 0 Å². The van der Waals surface area contributed by atoms with Gasteiger partial charge in [0.25, 0.3) is 11.7 Å². The third kappa shape index (κ3) is 4.20. The Hall–Kier alpha value is -3.61. The Balaban J connectivity index is 1.59. The molecule has 0 saturated carbocycles. The zero-order valence-electron chi connectivity index (χ0n) is 18.3. The Morgan fingerprint density at radius 2 is 1.77 bits per heavy atom. The summed E-state index contributed by atoms with van der Waals surface area (Å²) < 4.78 is 13.4. The van der Waals surface area contributed by atoms with Crippen molar-refractivity contribution in [2.75, 3.05) is 6.54 Å². The van der Waals surface area contributed by atoms with Crippen LogP contribution in [0.2, 0.25) is 10.0 Å². The zero-order chi connectivity index (χ0) is 24.7. The molecular formula is C27H19Cl2FN2O3. The summed E-state index contributed by atoms with van der Waals surface area (Å²) >= 11 is 12.6. The van der Waals surface area contributed by atoms with E-state index in [-0.39, 0.29) is 22.7 Å². The highest BCUT2D eigenvalue weighted by atomic mass is 35.5. The number of hydrogen-bond acceptors (Lipinski definition) is 3. The summed E-state index contributed by atoms with van der Waals surface area (Å²) in [6, 6.07) is 16.7. The van der Waals surface area contributed by atoms with Crippen LogP contribution in [-0.2, 0) is 16.0 Å². The number of nitrogens with one attached hydrogen (secondary N) is 1. The van der Waals surface area contributed by atoms with E-state index in [0.29, 0.717) is 17.0 Å². The quantitative estimate of drug-likeness (QED) is 0.189. The van der Waals surface area contributed by atoms with E-state index in [0.717, 1.165) is 16.5 Å². The molecule has 0 bridgehead atoms. The predicted octanol–water partition coefficient (Wildman–Crippen LogP) is 6.28. The summed E-state index contributed by atoms with van der Waals surface area (Å²) in [6.45, 7) is 0.205. The topological polar surface area (TPSA) is 73.4 Å². The Morgan fingerprint density at radius 3 is 2.51 bits per heavy atom. The van der Waals surface area contributed by atoms with Gasteiger partial charge in [-0.05, 0) is 60.0 Å². The monoisotopic (exact) mass is 508 g/mol. The molecule has 1 aliphatic rings. The van der Waals surface area contributed by atoms with Crippen LogP contribution in [0, 0.1) is 5.82 Å². The largest absolute Gasteiger partial charge is 0.507 e. The molecular weight excluding hydrogens is 490 g/mol. The first kappa shape index (κ1) is 23.1. The molecule has 1 aliphatic heterocycles. The molecule has 1 amide bonds. The average molecular weight is 509 g/mol. The van der Waals surface area contributed by atoms with E-state index in [4.69, 9.17) is 23.2 Å². The maximum atomic E-state index is 13.4. The number of nitrogens with zero attached hydrogens (tertiary/aromatic N) is 1. The molecule has 0 spiro atoms. The lowest BCUT2D eigenvalue weighted by Gasteiger charge is -2.26. The molecule has 35 heavy (non-hydrogen) atoms. The highest BCUT2D eigenvalue weighted by molar-refractivity contribution is 6.47.